The molecule has 5 aromatic rings. The maximum atomic E-state index is 13.5. The number of aromatic amines is 1. The Morgan fingerprint density at radius 2 is 1.86 bits per heavy atom. The topological polar surface area (TPSA) is 50.7 Å². The molecule has 0 unspecified atom stereocenters. The first-order chi connectivity index (χ1) is 13.6. The predicted molar refractivity (Wildman–Crippen MR) is 114 cm³/mol. The zero-order valence-corrected chi connectivity index (χ0v) is 15.9. The van der Waals surface area contributed by atoms with Gasteiger partial charge < -0.3 is 4.98 Å². The van der Waals surface area contributed by atoms with Gasteiger partial charge in [0.25, 0.3) is 5.56 Å². The molecule has 0 aliphatic rings. The molecule has 0 radical (unpaired) electrons. The van der Waals surface area contributed by atoms with Gasteiger partial charge in [-0.2, -0.15) is 0 Å². The molecule has 0 amide bonds. The highest BCUT2D eigenvalue weighted by Gasteiger charge is 2.16. The molecule has 2 aromatic heterocycles. The van der Waals surface area contributed by atoms with Crippen molar-refractivity contribution in [2.75, 3.05) is 0 Å². The van der Waals surface area contributed by atoms with Gasteiger partial charge in [0.05, 0.1) is 16.6 Å². The first kappa shape index (κ1) is 16.8. The van der Waals surface area contributed by atoms with E-state index in [-0.39, 0.29) is 5.56 Å². The Kier molecular flexibility index (Phi) is 3.81. The lowest BCUT2D eigenvalue weighted by Crippen LogP contribution is -2.22. The van der Waals surface area contributed by atoms with Crippen LogP contribution in [0.1, 0.15) is 5.56 Å². The normalized spacial score (nSPS) is 11.4. The molecule has 0 aliphatic heterocycles. The standard InChI is InChI=1S/C23H16ClN3O/c1-14-4-2-3-5-18(14)22-26-21-13-16(24)6-8-19(21)23(28)27(22)17-7-9-20-15(12-17)10-11-25-20/h2-13,25H,1H3. The molecular weight excluding hydrogens is 370 g/mol. The predicted octanol–water partition coefficient (Wildman–Crippen LogP) is 5.50. The fourth-order valence-electron chi connectivity index (χ4n) is 3.58. The number of H-pyrrole nitrogens is 1. The maximum Gasteiger partial charge on any atom is 0.266 e. The van der Waals surface area contributed by atoms with Gasteiger partial charge in [0, 0.05) is 27.7 Å². The van der Waals surface area contributed by atoms with E-state index in [1.54, 1.807) is 22.8 Å². The van der Waals surface area contributed by atoms with Crippen molar-refractivity contribution < 1.29 is 0 Å². The van der Waals surface area contributed by atoms with Crippen LogP contribution in [0.3, 0.4) is 0 Å². The quantitative estimate of drug-likeness (QED) is 0.436. The van der Waals surface area contributed by atoms with Crippen molar-refractivity contribution in [2.24, 2.45) is 0 Å². The molecule has 136 valence electrons. The molecule has 5 rings (SSSR count). The number of fused-ring (bicyclic) bond motifs is 2. The molecule has 0 saturated carbocycles. The summed E-state index contributed by atoms with van der Waals surface area (Å²) >= 11 is 6.16. The van der Waals surface area contributed by atoms with Crippen molar-refractivity contribution in [3.05, 3.63) is 93.9 Å². The van der Waals surface area contributed by atoms with Crippen molar-refractivity contribution in [2.45, 2.75) is 6.92 Å². The number of nitrogens with zero attached hydrogens (tertiary/aromatic N) is 2. The zero-order valence-electron chi connectivity index (χ0n) is 15.1. The fourth-order valence-corrected chi connectivity index (χ4v) is 3.75. The van der Waals surface area contributed by atoms with E-state index in [0.29, 0.717) is 21.7 Å². The minimum Gasteiger partial charge on any atom is -0.361 e. The molecule has 28 heavy (non-hydrogen) atoms. The number of nitrogens with one attached hydrogen (secondary N) is 1. The summed E-state index contributed by atoms with van der Waals surface area (Å²) in [5, 5.41) is 2.13. The summed E-state index contributed by atoms with van der Waals surface area (Å²) in [5.41, 5.74) is 4.24. The summed E-state index contributed by atoms with van der Waals surface area (Å²) in [6.45, 7) is 2.02. The Morgan fingerprint density at radius 3 is 2.71 bits per heavy atom. The van der Waals surface area contributed by atoms with Crippen LogP contribution in [0.15, 0.2) is 77.7 Å². The molecule has 0 aliphatic carbocycles. The second kappa shape index (κ2) is 6.36. The summed E-state index contributed by atoms with van der Waals surface area (Å²) in [6.07, 6.45) is 1.89. The van der Waals surface area contributed by atoms with E-state index in [9.17, 15) is 4.79 Å². The largest absolute Gasteiger partial charge is 0.361 e. The Balaban J connectivity index is 1.92. The Hall–Kier alpha value is -3.37. The summed E-state index contributed by atoms with van der Waals surface area (Å²) in [6, 6.07) is 21.0. The number of hydrogen-bond acceptors (Lipinski definition) is 2. The third-order valence-corrected chi connectivity index (χ3v) is 5.25. The second-order valence-corrected chi connectivity index (χ2v) is 7.24. The van der Waals surface area contributed by atoms with Crippen LogP contribution in [0.25, 0.3) is 38.9 Å². The van der Waals surface area contributed by atoms with Crippen molar-refractivity contribution in [1.29, 1.82) is 0 Å². The molecular formula is C23H16ClN3O. The van der Waals surface area contributed by atoms with Crippen molar-refractivity contribution in [1.82, 2.24) is 14.5 Å². The van der Waals surface area contributed by atoms with E-state index < -0.39 is 0 Å². The minimum absolute atomic E-state index is 0.116. The molecule has 4 nitrogen and oxygen atoms in total. The van der Waals surface area contributed by atoms with Crippen LogP contribution >= 0.6 is 11.6 Å². The lowest BCUT2D eigenvalue weighted by atomic mass is 10.1. The van der Waals surface area contributed by atoms with Gasteiger partial charge in [0.1, 0.15) is 5.82 Å². The molecule has 0 atom stereocenters. The van der Waals surface area contributed by atoms with E-state index in [0.717, 1.165) is 27.7 Å². The third kappa shape index (κ3) is 2.62. The number of aromatic nitrogens is 3. The van der Waals surface area contributed by atoms with Crippen molar-refractivity contribution in [3.63, 3.8) is 0 Å². The van der Waals surface area contributed by atoms with Crippen LogP contribution in [-0.2, 0) is 0 Å². The zero-order chi connectivity index (χ0) is 19.3. The van der Waals surface area contributed by atoms with Crippen LogP contribution < -0.4 is 5.56 Å². The highest BCUT2D eigenvalue weighted by molar-refractivity contribution is 6.31. The maximum absolute atomic E-state index is 13.5. The highest BCUT2D eigenvalue weighted by Crippen LogP contribution is 2.27. The lowest BCUT2D eigenvalue weighted by Gasteiger charge is -2.15. The molecule has 5 heteroatoms. The SMILES string of the molecule is Cc1ccccc1-c1nc2cc(Cl)ccc2c(=O)n1-c1ccc2[nH]ccc2c1. The molecule has 0 fully saturated rings. The van der Waals surface area contributed by atoms with Crippen LogP contribution in [0.5, 0.6) is 0 Å². The van der Waals surface area contributed by atoms with Crippen LogP contribution in [0.2, 0.25) is 5.02 Å². The second-order valence-electron chi connectivity index (χ2n) is 6.80. The first-order valence-electron chi connectivity index (χ1n) is 8.98. The first-order valence-corrected chi connectivity index (χ1v) is 9.35. The Bertz CT molecular complexity index is 1410. The average molecular weight is 386 g/mol. The highest BCUT2D eigenvalue weighted by atomic mass is 35.5. The summed E-state index contributed by atoms with van der Waals surface area (Å²) < 4.78 is 1.69. The molecule has 2 heterocycles. The van der Waals surface area contributed by atoms with E-state index in [2.05, 4.69) is 4.98 Å². The smallest absolute Gasteiger partial charge is 0.266 e. The molecule has 1 N–H and O–H groups in total. The van der Waals surface area contributed by atoms with Gasteiger partial charge in [-0.15, -0.1) is 0 Å². The third-order valence-electron chi connectivity index (χ3n) is 5.01. The Morgan fingerprint density at radius 1 is 1.00 bits per heavy atom. The van der Waals surface area contributed by atoms with Gasteiger partial charge >= 0.3 is 0 Å². The van der Waals surface area contributed by atoms with Gasteiger partial charge in [-0.25, -0.2) is 4.98 Å². The van der Waals surface area contributed by atoms with Crippen LogP contribution in [0, 0.1) is 6.92 Å². The van der Waals surface area contributed by atoms with E-state index >= 15 is 0 Å². The summed E-state index contributed by atoms with van der Waals surface area (Å²) in [4.78, 5) is 21.5. The van der Waals surface area contributed by atoms with E-state index in [1.807, 2.05) is 61.7 Å². The minimum atomic E-state index is -0.116. The molecule has 0 saturated heterocycles. The summed E-state index contributed by atoms with van der Waals surface area (Å²) in [7, 11) is 0. The van der Waals surface area contributed by atoms with Gasteiger partial charge in [-0.3, -0.25) is 9.36 Å². The van der Waals surface area contributed by atoms with Crippen LogP contribution in [-0.4, -0.2) is 14.5 Å². The number of rotatable bonds is 2. The van der Waals surface area contributed by atoms with Gasteiger partial charge in [-0.05, 0) is 55.0 Å². The number of hydrogen-bond donors (Lipinski definition) is 1. The van der Waals surface area contributed by atoms with Gasteiger partial charge in [0.2, 0.25) is 0 Å². The number of benzene rings is 3. The van der Waals surface area contributed by atoms with Crippen molar-refractivity contribution in [3.8, 4) is 17.1 Å². The van der Waals surface area contributed by atoms with Gasteiger partial charge in [-0.1, -0.05) is 35.9 Å². The average Bonchev–Trinajstić information content (AvgIpc) is 3.16. The number of aryl methyl sites for hydroxylation is 1. The van der Waals surface area contributed by atoms with E-state index in [4.69, 9.17) is 16.6 Å². The fraction of sp³-hybridized carbons (Fsp3) is 0.0435. The van der Waals surface area contributed by atoms with Crippen LogP contribution in [0.4, 0.5) is 0 Å². The Labute approximate surface area is 166 Å². The number of halogens is 1. The van der Waals surface area contributed by atoms with E-state index in [1.165, 1.54) is 0 Å². The monoisotopic (exact) mass is 385 g/mol. The summed E-state index contributed by atoms with van der Waals surface area (Å²) in [5.74, 6) is 0.604. The molecule has 0 spiro atoms. The van der Waals surface area contributed by atoms with Gasteiger partial charge in [0.15, 0.2) is 0 Å². The molecule has 0 bridgehead atoms. The molecule has 3 aromatic carbocycles. The lowest BCUT2D eigenvalue weighted by molar-refractivity contribution is 0.975. The van der Waals surface area contributed by atoms with Crippen molar-refractivity contribution >= 4 is 33.4 Å².